The van der Waals surface area contributed by atoms with Gasteiger partial charge >= 0.3 is 5.97 Å². The van der Waals surface area contributed by atoms with E-state index < -0.39 is 18.5 Å². The van der Waals surface area contributed by atoms with Gasteiger partial charge in [-0.15, -0.1) is 11.8 Å². The van der Waals surface area contributed by atoms with Crippen molar-refractivity contribution in [3.8, 4) is 6.07 Å². The lowest BCUT2D eigenvalue weighted by atomic mass is 10.1. The third-order valence-electron chi connectivity index (χ3n) is 4.75. The van der Waals surface area contributed by atoms with E-state index in [2.05, 4.69) is 10.6 Å². The number of hydrogen-bond acceptors (Lipinski definition) is 6. The van der Waals surface area contributed by atoms with E-state index in [4.69, 9.17) is 10.00 Å². The summed E-state index contributed by atoms with van der Waals surface area (Å²) in [6.07, 6.45) is 0. The number of amides is 2. The second-order valence-electron chi connectivity index (χ2n) is 7.30. The SMILES string of the molecule is CC(NC(=O)COC(=O)c1ccccc1SCC(=O)Nc1cccc(C#N)c1)c1ccccc1. The number of ether oxygens (including phenoxy) is 1. The molecule has 0 aliphatic heterocycles. The summed E-state index contributed by atoms with van der Waals surface area (Å²) in [5.41, 5.74) is 2.19. The van der Waals surface area contributed by atoms with Gasteiger partial charge < -0.3 is 15.4 Å². The summed E-state index contributed by atoms with van der Waals surface area (Å²) in [5, 5.41) is 14.5. The minimum atomic E-state index is -0.646. The van der Waals surface area contributed by atoms with Crippen LogP contribution in [0.1, 0.15) is 34.5 Å². The zero-order valence-electron chi connectivity index (χ0n) is 18.5. The van der Waals surface area contributed by atoms with Crippen LogP contribution in [0.2, 0.25) is 0 Å². The van der Waals surface area contributed by atoms with Crippen LogP contribution in [-0.2, 0) is 14.3 Å². The first-order valence-electron chi connectivity index (χ1n) is 10.5. The summed E-state index contributed by atoms with van der Waals surface area (Å²) < 4.78 is 5.20. The Kier molecular flexibility index (Phi) is 8.83. The van der Waals surface area contributed by atoms with Gasteiger partial charge in [0.15, 0.2) is 6.61 Å². The Morgan fingerprint density at radius 2 is 1.71 bits per heavy atom. The van der Waals surface area contributed by atoms with E-state index in [-0.39, 0.29) is 23.3 Å². The number of rotatable bonds is 9. The molecule has 3 aromatic carbocycles. The maximum atomic E-state index is 12.6. The van der Waals surface area contributed by atoms with Crippen LogP contribution in [0.15, 0.2) is 83.8 Å². The van der Waals surface area contributed by atoms with E-state index in [1.165, 1.54) is 11.8 Å². The van der Waals surface area contributed by atoms with Gasteiger partial charge in [-0.25, -0.2) is 4.79 Å². The first kappa shape index (κ1) is 24.6. The summed E-state index contributed by atoms with van der Waals surface area (Å²) in [4.78, 5) is 37.7. The molecule has 2 amide bonds. The number of thioether (sulfide) groups is 1. The number of esters is 1. The predicted molar refractivity (Wildman–Crippen MR) is 130 cm³/mol. The molecular formula is C26H23N3O4S. The number of hydrogen-bond donors (Lipinski definition) is 2. The molecule has 0 saturated carbocycles. The molecule has 0 fully saturated rings. The fourth-order valence-corrected chi connectivity index (χ4v) is 3.93. The molecular weight excluding hydrogens is 450 g/mol. The Hall–Kier alpha value is -4.09. The van der Waals surface area contributed by atoms with Crippen LogP contribution in [0, 0.1) is 11.3 Å². The van der Waals surface area contributed by atoms with Crippen molar-refractivity contribution in [3.05, 3.63) is 95.6 Å². The van der Waals surface area contributed by atoms with Crippen LogP contribution in [0.4, 0.5) is 5.69 Å². The molecule has 2 N–H and O–H groups in total. The van der Waals surface area contributed by atoms with Crippen LogP contribution < -0.4 is 10.6 Å². The van der Waals surface area contributed by atoms with Crippen LogP contribution in [0.5, 0.6) is 0 Å². The van der Waals surface area contributed by atoms with E-state index in [0.29, 0.717) is 16.1 Å². The summed E-state index contributed by atoms with van der Waals surface area (Å²) in [7, 11) is 0. The summed E-state index contributed by atoms with van der Waals surface area (Å²) in [6.45, 7) is 1.44. The summed E-state index contributed by atoms with van der Waals surface area (Å²) >= 11 is 1.18. The van der Waals surface area contributed by atoms with Gasteiger partial charge in [-0.2, -0.15) is 5.26 Å². The van der Waals surface area contributed by atoms with Gasteiger partial charge in [0, 0.05) is 10.6 Å². The van der Waals surface area contributed by atoms with E-state index >= 15 is 0 Å². The van der Waals surface area contributed by atoms with Crippen molar-refractivity contribution in [2.24, 2.45) is 0 Å². The Bertz CT molecular complexity index is 1210. The maximum Gasteiger partial charge on any atom is 0.339 e. The van der Waals surface area contributed by atoms with Gasteiger partial charge in [0.05, 0.1) is 29.0 Å². The van der Waals surface area contributed by atoms with Crippen LogP contribution >= 0.6 is 11.8 Å². The minimum absolute atomic E-state index is 0.0517. The normalized spacial score (nSPS) is 11.1. The molecule has 0 spiro atoms. The second-order valence-corrected chi connectivity index (χ2v) is 8.32. The molecule has 1 unspecified atom stereocenters. The molecule has 3 rings (SSSR count). The molecule has 3 aromatic rings. The summed E-state index contributed by atoms with van der Waals surface area (Å²) in [6, 6.07) is 24.6. The smallest absolute Gasteiger partial charge is 0.339 e. The molecule has 8 heteroatoms. The van der Waals surface area contributed by atoms with Crippen molar-refractivity contribution in [1.82, 2.24) is 5.32 Å². The average Bonchev–Trinajstić information content (AvgIpc) is 2.86. The van der Waals surface area contributed by atoms with Gasteiger partial charge in [-0.1, -0.05) is 48.5 Å². The molecule has 0 aromatic heterocycles. The lowest BCUT2D eigenvalue weighted by Gasteiger charge is -2.14. The maximum absolute atomic E-state index is 12.6. The van der Waals surface area contributed by atoms with Crippen molar-refractivity contribution in [1.29, 1.82) is 5.26 Å². The first-order chi connectivity index (χ1) is 16.5. The highest BCUT2D eigenvalue weighted by Gasteiger charge is 2.17. The van der Waals surface area contributed by atoms with Crippen molar-refractivity contribution >= 4 is 35.2 Å². The van der Waals surface area contributed by atoms with E-state index in [1.807, 2.05) is 43.3 Å². The van der Waals surface area contributed by atoms with Crippen molar-refractivity contribution in [2.45, 2.75) is 17.9 Å². The standard InChI is InChI=1S/C26H23N3O4S/c1-18(20-9-3-2-4-10-20)28-24(30)16-33-26(32)22-12-5-6-13-23(22)34-17-25(31)29-21-11-7-8-19(14-21)15-27/h2-14,18H,16-17H2,1H3,(H,28,30)(H,29,31). The van der Waals surface area contributed by atoms with Crippen molar-refractivity contribution in [2.75, 3.05) is 17.7 Å². The molecule has 172 valence electrons. The number of carbonyl (C=O) groups is 3. The second kappa shape index (κ2) is 12.2. The monoisotopic (exact) mass is 473 g/mol. The Labute approximate surface area is 202 Å². The molecule has 0 heterocycles. The van der Waals surface area contributed by atoms with Gasteiger partial charge in [-0.05, 0) is 42.8 Å². The largest absolute Gasteiger partial charge is 0.452 e. The van der Waals surface area contributed by atoms with E-state index in [1.54, 1.807) is 48.5 Å². The molecule has 7 nitrogen and oxygen atoms in total. The van der Waals surface area contributed by atoms with Crippen LogP contribution in [0.25, 0.3) is 0 Å². The van der Waals surface area contributed by atoms with E-state index in [9.17, 15) is 14.4 Å². The van der Waals surface area contributed by atoms with Gasteiger partial charge in [0.25, 0.3) is 5.91 Å². The molecule has 0 aliphatic rings. The lowest BCUT2D eigenvalue weighted by molar-refractivity contribution is -0.124. The fraction of sp³-hybridized carbons (Fsp3) is 0.154. The molecule has 34 heavy (non-hydrogen) atoms. The first-order valence-corrected chi connectivity index (χ1v) is 11.5. The van der Waals surface area contributed by atoms with E-state index in [0.717, 1.165) is 5.56 Å². The number of nitrogens with zero attached hydrogens (tertiary/aromatic N) is 1. The average molecular weight is 474 g/mol. The zero-order valence-corrected chi connectivity index (χ0v) is 19.3. The van der Waals surface area contributed by atoms with Crippen molar-refractivity contribution in [3.63, 3.8) is 0 Å². The minimum Gasteiger partial charge on any atom is -0.452 e. The topological polar surface area (TPSA) is 108 Å². The highest BCUT2D eigenvalue weighted by atomic mass is 32.2. The number of anilines is 1. The van der Waals surface area contributed by atoms with Gasteiger partial charge in [-0.3, -0.25) is 9.59 Å². The molecule has 0 aliphatic carbocycles. The van der Waals surface area contributed by atoms with Crippen LogP contribution in [0.3, 0.4) is 0 Å². The third kappa shape index (κ3) is 7.22. The van der Waals surface area contributed by atoms with Gasteiger partial charge in [0.2, 0.25) is 5.91 Å². The number of carbonyl (C=O) groups excluding carboxylic acids is 3. The quantitative estimate of drug-likeness (QED) is 0.354. The van der Waals surface area contributed by atoms with Crippen molar-refractivity contribution < 1.29 is 19.1 Å². The number of nitrogens with one attached hydrogen (secondary N) is 2. The highest BCUT2D eigenvalue weighted by Crippen LogP contribution is 2.24. The Morgan fingerprint density at radius 1 is 0.971 bits per heavy atom. The number of benzene rings is 3. The lowest BCUT2D eigenvalue weighted by Crippen LogP contribution is -2.31. The van der Waals surface area contributed by atoms with Gasteiger partial charge in [0.1, 0.15) is 0 Å². The zero-order chi connectivity index (χ0) is 24.3. The van der Waals surface area contributed by atoms with Crippen LogP contribution in [-0.4, -0.2) is 30.1 Å². The molecule has 1 atom stereocenters. The Morgan fingerprint density at radius 3 is 2.47 bits per heavy atom. The highest BCUT2D eigenvalue weighted by molar-refractivity contribution is 8.00. The predicted octanol–water partition coefficient (Wildman–Crippen LogP) is 4.32. The fourth-order valence-electron chi connectivity index (χ4n) is 3.09. The molecule has 0 saturated heterocycles. The molecule has 0 radical (unpaired) electrons. The number of nitriles is 1. The summed E-state index contributed by atoms with van der Waals surface area (Å²) in [5.74, 6) is -1.28. The molecule has 0 bridgehead atoms. The third-order valence-corrected chi connectivity index (χ3v) is 5.83. The Balaban J connectivity index is 1.52.